The molecule has 1 rings (SSSR count). The molecule has 6 nitrogen and oxygen atoms in total. The van der Waals surface area contributed by atoms with Crippen LogP contribution in [0.15, 0.2) is 6.07 Å². The van der Waals surface area contributed by atoms with Crippen LogP contribution in [0.4, 0.5) is 0 Å². The predicted octanol–water partition coefficient (Wildman–Crippen LogP) is -0.570. The minimum absolute atomic E-state index is 0.0137. The third-order valence-electron chi connectivity index (χ3n) is 2.28. The van der Waals surface area contributed by atoms with Crippen LogP contribution in [0, 0.1) is 6.92 Å². The molecule has 1 aromatic heterocycles. The number of rotatable bonds is 5. The zero-order valence-electron chi connectivity index (χ0n) is 9.97. The summed E-state index contributed by atoms with van der Waals surface area (Å²) in [5.41, 5.74) is 1.74. The fraction of sp³-hybridized carbons (Fsp3) is 0.545. The highest BCUT2D eigenvalue weighted by Crippen LogP contribution is 2.07. The summed E-state index contributed by atoms with van der Waals surface area (Å²) in [5, 5.41) is 28.1. The van der Waals surface area contributed by atoms with Crippen molar-refractivity contribution in [2.75, 3.05) is 13.2 Å². The zero-order valence-corrected chi connectivity index (χ0v) is 9.97. The Hall–Kier alpha value is -1.53. The summed E-state index contributed by atoms with van der Waals surface area (Å²) in [6.45, 7) is 3.28. The molecule has 0 fully saturated rings. The first-order chi connectivity index (χ1) is 8.08. The summed E-state index contributed by atoms with van der Waals surface area (Å²) in [6.07, 6.45) is -0.335. The Morgan fingerprint density at radius 2 is 2.24 bits per heavy atom. The third-order valence-corrected chi connectivity index (χ3v) is 2.28. The van der Waals surface area contributed by atoms with Crippen molar-refractivity contribution in [3.05, 3.63) is 23.0 Å². The van der Waals surface area contributed by atoms with E-state index in [1.165, 1.54) is 0 Å². The lowest BCUT2D eigenvalue weighted by Gasteiger charge is -2.10. The molecule has 1 unspecified atom stereocenters. The molecular formula is C11H17N3O3. The van der Waals surface area contributed by atoms with E-state index in [4.69, 9.17) is 10.2 Å². The van der Waals surface area contributed by atoms with Gasteiger partial charge in [-0.2, -0.15) is 10.2 Å². The molecule has 1 amide bonds. The number of hydrogen-bond acceptors (Lipinski definition) is 5. The van der Waals surface area contributed by atoms with Crippen molar-refractivity contribution in [1.29, 1.82) is 0 Å². The maximum Gasteiger partial charge on any atom is 0.253 e. The molecule has 1 aromatic rings. The average molecular weight is 239 g/mol. The van der Waals surface area contributed by atoms with Gasteiger partial charge in [0.25, 0.3) is 5.91 Å². The van der Waals surface area contributed by atoms with E-state index >= 15 is 0 Å². The standard InChI is InChI=1S/C11H17N3O3/c1-3-10-9(4-7(2)13-14-10)11(17)12-5-8(16)6-15/h4,8,15-16H,3,5-6H2,1-2H3,(H,12,17). The summed E-state index contributed by atoms with van der Waals surface area (Å²) in [7, 11) is 0. The first-order valence-corrected chi connectivity index (χ1v) is 5.48. The Balaban J connectivity index is 2.77. The third kappa shape index (κ3) is 3.76. The SMILES string of the molecule is CCc1nnc(C)cc1C(=O)NCC(O)CO. The first-order valence-electron chi connectivity index (χ1n) is 5.48. The average Bonchev–Trinajstić information content (AvgIpc) is 2.35. The molecule has 0 radical (unpaired) electrons. The van der Waals surface area contributed by atoms with E-state index in [1.54, 1.807) is 13.0 Å². The van der Waals surface area contributed by atoms with E-state index in [2.05, 4.69) is 15.5 Å². The number of nitrogens with zero attached hydrogens (tertiary/aromatic N) is 2. The van der Waals surface area contributed by atoms with Gasteiger partial charge in [-0.1, -0.05) is 6.92 Å². The van der Waals surface area contributed by atoms with Gasteiger partial charge in [0.1, 0.15) is 0 Å². The van der Waals surface area contributed by atoms with Crippen LogP contribution in [-0.2, 0) is 6.42 Å². The van der Waals surface area contributed by atoms with Gasteiger partial charge < -0.3 is 15.5 Å². The summed E-state index contributed by atoms with van der Waals surface area (Å²) in [4.78, 5) is 11.8. The lowest BCUT2D eigenvalue weighted by atomic mass is 10.1. The van der Waals surface area contributed by atoms with Crippen molar-refractivity contribution < 1.29 is 15.0 Å². The second-order valence-electron chi connectivity index (χ2n) is 3.75. The smallest absolute Gasteiger partial charge is 0.253 e. The second kappa shape index (κ2) is 6.27. The monoisotopic (exact) mass is 239 g/mol. The lowest BCUT2D eigenvalue weighted by molar-refractivity contribution is 0.0801. The van der Waals surface area contributed by atoms with Crippen LogP contribution in [-0.4, -0.2) is 45.6 Å². The van der Waals surface area contributed by atoms with Crippen LogP contribution in [0.5, 0.6) is 0 Å². The lowest BCUT2D eigenvalue weighted by Crippen LogP contribution is -2.34. The van der Waals surface area contributed by atoms with Crippen molar-refractivity contribution in [3.63, 3.8) is 0 Å². The highest BCUT2D eigenvalue weighted by Gasteiger charge is 2.13. The molecule has 3 N–H and O–H groups in total. The topological polar surface area (TPSA) is 95.3 Å². The molecule has 0 bridgehead atoms. The molecule has 0 aliphatic rings. The molecule has 0 aromatic carbocycles. The molecule has 0 saturated carbocycles. The van der Waals surface area contributed by atoms with E-state index in [-0.39, 0.29) is 19.1 Å². The number of carbonyl (C=O) groups is 1. The van der Waals surface area contributed by atoms with Crippen molar-refractivity contribution >= 4 is 5.91 Å². The quantitative estimate of drug-likeness (QED) is 0.639. The van der Waals surface area contributed by atoms with E-state index in [0.29, 0.717) is 23.4 Å². The van der Waals surface area contributed by atoms with E-state index in [1.807, 2.05) is 6.92 Å². The second-order valence-corrected chi connectivity index (χ2v) is 3.75. The number of carbonyl (C=O) groups excluding carboxylic acids is 1. The predicted molar refractivity (Wildman–Crippen MR) is 61.6 cm³/mol. The summed E-state index contributed by atoms with van der Waals surface area (Å²) in [6, 6.07) is 1.66. The highest BCUT2D eigenvalue weighted by molar-refractivity contribution is 5.95. The summed E-state index contributed by atoms with van der Waals surface area (Å²) in [5.74, 6) is -0.313. The van der Waals surface area contributed by atoms with Crippen LogP contribution in [0.1, 0.15) is 28.7 Å². The van der Waals surface area contributed by atoms with Crippen LogP contribution in [0.2, 0.25) is 0 Å². The van der Waals surface area contributed by atoms with E-state index < -0.39 is 6.10 Å². The largest absolute Gasteiger partial charge is 0.394 e. The Morgan fingerprint density at radius 3 is 2.82 bits per heavy atom. The molecule has 94 valence electrons. The van der Waals surface area contributed by atoms with Crippen LogP contribution >= 0.6 is 0 Å². The number of hydrogen-bond donors (Lipinski definition) is 3. The van der Waals surface area contributed by atoms with Crippen molar-refractivity contribution in [2.24, 2.45) is 0 Å². The maximum absolute atomic E-state index is 11.8. The van der Waals surface area contributed by atoms with Gasteiger partial charge in [-0.15, -0.1) is 0 Å². The van der Waals surface area contributed by atoms with Crippen LogP contribution in [0.25, 0.3) is 0 Å². The molecule has 1 heterocycles. The molecule has 6 heteroatoms. The fourth-order valence-electron chi connectivity index (χ4n) is 1.34. The van der Waals surface area contributed by atoms with Gasteiger partial charge in [-0.05, 0) is 19.4 Å². The van der Waals surface area contributed by atoms with E-state index in [0.717, 1.165) is 0 Å². The van der Waals surface area contributed by atoms with Crippen molar-refractivity contribution in [2.45, 2.75) is 26.4 Å². The molecule has 17 heavy (non-hydrogen) atoms. The number of aromatic nitrogens is 2. The van der Waals surface area contributed by atoms with E-state index in [9.17, 15) is 4.79 Å². The minimum atomic E-state index is -0.945. The summed E-state index contributed by atoms with van der Waals surface area (Å²) < 4.78 is 0. The highest BCUT2D eigenvalue weighted by atomic mass is 16.3. The number of aliphatic hydroxyl groups excluding tert-OH is 2. The Kier molecular flexibility index (Phi) is 4.99. The molecular weight excluding hydrogens is 222 g/mol. The maximum atomic E-state index is 11.8. The zero-order chi connectivity index (χ0) is 12.8. The van der Waals surface area contributed by atoms with Gasteiger partial charge in [0.2, 0.25) is 0 Å². The van der Waals surface area contributed by atoms with Crippen molar-refractivity contribution in [3.8, 4) is 0 Å². The molecule has 0 saturated heterocycles. The molecule has 0 aliphatic heterocycles. The van der Waals surface area contributed by atoms with Crippen LogP contribution in [0.3, 0.4) is 0 Å². The fourth-order valence-corrected chi connectivity index (χ4v) is 1.34. The molecule has 0 spiro atoms. The normalized spacial score (nSPS) is 12.2. The Bertz CT molecular complexity index is 396. The van der Waals surface area contributed by atoms with Gasteiger partial charge in [0, 0.05) is 6.54 Å². The Morgan fingerprint density at radius 1 is 1.53 bits per heavy atom. The number of aryl methyl sites for hydroxylation is 2. The summed E-state index contributed by atoms with van der Waals surface area (Å²) >= 11 is 0. The first kappa shape index (κ1) is 13.5. The van der Waals surface area contributed by atoms with Gasteiger partial charge in [0.05, 0.1) is 29.7 Å². The Labute approximate surface area is 99.7 Å². The van der Waals surface area contributed by atoms with Gasteiger partial charge in [-0.25, -0.2) is 0 Å². The number of nitrogens with one attached hydrogen (secondary N) is 1. The van der Waals surface area contributed by atoms with Gasteiger partial charge in [-0.3, -0.25) is 4.79 Å². The van der Waals surface area contributed by atoms with Crippen molar-refractivity contribution in [1.82, 2.24) is 15.5 Å². The molecule has 0 aliphatic carbocycles. The minimum Gasteiger partial charge on any atom is -0.394 e. The van der Waals surface area contributed by atoms with Gasteiger partial charge >= 0.3 is 0 Å². The van der Waals surface area contributed by atoms with Crippen LogP contribution < -0.4 is 5.32 Å². The molecule has 1 atom stereocenters. The number of aliphatic hydroxyl groups is 2. The van der Waals surface area contributed by atoms with Gasteiger partial charge in [0.15, 0.2) is 0 Å². The number of amides is 1.